The molecule has 1 fully saturated rings. The molecule has 0 radical (unpaired) electrons. The van der Waals surface area contributed by atoms with Crippen molar-refractivity contribution < 1.29 is 4.79 Å². The predicted molar refractivity (Wildman–Crippen MR) is 116 cm³/mol. The summed E-state index contributed by atoms with van der Waals surface area (Å²) in [5.41, 5.74) is 4.04. The number of carbonyl (C=O) groups excluding carboxylic acids is 1. The summed E-state index contributed by atoms with van der Waals surface area (Å²) < 4.78 is 0. The summed E-state index contributed by atoms with van der Waals surface area (Å²) in [6.45, 7) is 6.39. The Balaban J connectivity index is 1.35. The average molecular weight is 412 g/mol. The maximum absolute atomic E-state index is 11.4. The molecule has 3 aromatic rings. The topological polar surface area (TPSA) is 36.4 Å². The van der Waals surface area contributed by atoms with Gasteiger partial charge in [0.05, 0.1) is 10.7 Å². The SMILES string of the molecule is CC(=O)c1ccc(N2CCN(Cc3csc(-c4ccccc4Cl)n3)CC2)cc1. The molecule has 28 heavy (non-hydrogen) atoms. The fraction of sp³-hybridized carbons (Fsp3) is 0.273. The van der Waals surface area contributed by atoms with Crippen LogP contribution in [0.15, 0.2) is 53.9 Å². The highest BCUT2D eigenvalue weighted by atomic mass is 35.5. The molecule has 1 aromatic heterocycles. The van der Waals surface area contributed by atoms with Crippen molar-refractivity contribution in [1.82, 2.24) is 9.88 Å². The van der Waals surface area contributed by atoms with Gasteiger partial charge in [-0.05, 0) is 37.3 Å². The van der Waals surface area contributed by atoms with Gasteiger partial charge in [0.15, 0.2) is 5.78 Å². The average Bonchev–Trinajstić information content (AvgIpc) is 3.17. The first-order valence-electron chi connectivity index (χ1n) is 9.38. The molecule has 0 N–H and O–H groups in total. The molecule has 6 heteroatoms. The normalized spacial score (nSPS) is 15.0. The third-order valence-electron chi connectivity index (χ3n) is 5.05. The van der Waals surface area contributed by atoms with E-state index in [0.29, 0.717) is 0 Å². The molecular formula is C22H22ClN3OS. The molecule has 0 unspecified atom stereocenters. The molecule has 0 amide bonds. The summed E-state index contributed by atoms with van der Waals surface area (Å²) in [4.78, 5) is 21.0. The number of Topliss-reactive ketones (excluding diaryl/α,β-unsaturated/α-hetero) is 1. The van der Waals surface area contributed by atoms with E-state index in [1.807, 2.05) is 48.5 Å². The summed E-state index contributed by atoms with van der Waals surface area (Å²) in [5, 5.41) is 3.85. The van der Waals surface area contributed by atoms with Gasteiger partial charge in [0.2, 0.25) is 0 Å². The predicted octanol–water partition coefficient (Wildman–Crippen LogP) is 4.99. The Labute approximate surface area is 174 Å². The van der Waals surface area contributed by atoms with Crippen molar-refractivity contribution in [3.05, 3.63) is 70.2 Å². The van der Waals surface area contributed by atoms with E-state index < -0.39 is 0 Å². The van der Waals surface area contributed by atoms with Crippen LogP contribution in [-0.2, 0) is 6.54 Å². The van der Waals surface area contributed by atoms with Crippen LogP contribution in [0.2, 0.25) is 5.02 Å². The summed E-state index contributed by atoms with van der Waals surface area (Å²) in [5.74, 6) is 0.107. The first kappa shape index (κ1) is 19.1. The van der Waals surface area contributed by atoms with E-state index in [1.165, 1.54) is 5.69 Å². The van der Waals surface area contributed by atoms with E-state index in [0.717, 1.165) is 59.6 Å². The van der Waals surface area contributed by atoms with Crippen LogP contribution < -0.4 is 4.90 Å². The molecule has 2 heterocycles. The molecule has 1 aliphatic rings. The zero-order valence-electron chi connectivity index (χ0n) is 15.8. The largest absolute Gasteiger partial charge is 0.369 e. The lowest BCUT2D eigenvalue weighted by Crippen LogP contribution is -2.46. The molecule has 0 aliphatic carbocycles. The zero-order chi connectivity index (χ0) is 19.5. The fourth-order valence-corrected chi connectivity index (χ4v) is 4.57. The van der Waals surface area contributed by atoms with Crippen molar-refractivity contribution in [2.24, 2.45) is 0 Å². The van der Waals surface area contributed by atoms with Gasteiger partial charge in [-0.25, -0.2) is 4.98 Å². The van der Waals surface area contributed by atoms with E-state index in [-0.39, 0.29) is 5.78 Å². The Morgan fingerprint density at radius 3 is 2.46 bits per heavy atom. The number of benzene rings is 2. The maximum atomic E-state index is 11.4. The van der Waals surface area contributed by atoms with Crippen molar-refractivity contribution in [1.29, 1.82) is 0 Å². The Morgan fingerprint density at radius 1 is 1.07 bits per heavy atom. The highest BCUT2D eigenvalue weighted by molar-refractivity contribution is 7.13. The second-order valence-corrected chi connectivity index (χ2v) is 8.26. The van der Waals surface area contributed by atoms with Crippen molar-refractivity contribution in [3.8, 4) is 10.6 Å². The molecule has 0 saturated carbocycles. The molecule has 144 valence electrons. The minimum atomic E-state index is 0.107. The van der Waals surface area contributed by atoms with E-state index in [9.17, 15) is 4.79 Å². The number of aromatic nitrogens is 1. The van der Waals surface area contributed by atoms with E-state index in [1.54, 1.807) is 18.3 Å². The molecule has 0 bridgehead atoms. The lowest BCUT2D eigenvalue weighted by Gasteiger charge is -2.35. The maximum Gasteiger partial charge on any atom is 0.159 e. The van der Waals surface area contributed by atoms with Gasteiger partial charge in [-0.2, -0.15) is 0 Å². The van der Waals surface area contributed by atoms with Crippen molar-refractivity contribution in [2.45, 2.75) is 13.5 Å². The lowest BCUT2D eigenvalue weighted by molar-refractivity contribution is 0.101. The number of hydrogen-bond donors (Lipinski definition) is 0. The molecule has 1 saturated heterocycles. The highest BCUT2D eigenvalue weighted by Gasteiger charge is 2.19. The van der Waals surface area contributed by atoms with Crippen molar-refractivity contribution in [3.63, 3.8) is 0 Å². The molecule has 4 nitrogen and oxygen atoms in total. The number of thiazole rings is 1. The second kappa shape index (κ2) is 8.43. The standard InChI is InChI=1S/C22H22ClN3OS/c1-16(27)17-6-8-19(9-7-17)26-12-10-25(11-13-26)14-18-15-28-22(24-18)20-4-2-3-5-21(20)23/h2-9,15H,10-14H2,1H3. The third-order valence-corrected chi connectivity index (χ3v) is 6.31. The van der Waals surface area contributed by atoms with Crippen LogP contribution in [0.3, 0.4) is 0 Å². The van der Waals surface area contributed by atoms with E-state index in [2.05, 4.69) is 15.2 Å². The third kappa shape index (κ3) is 4.27. The Hall–Kier alpha value is -2.21. The number of halogens is 1. The number of hydrogen-bond acceptors (Lipinski definition) is 5. The van der Waals surface area contributed by atoms with Gasteiger partial charge in [-0.3, -0.25) is 9.69 Å². The summed E-state index contributed by atoms with van der Waals surface area (Å²) in [7, 11) is 0. The van der Waals surface area contributed by atoms with Crippen molar-refractivity contribution in [2.75, 3.05) is 31.1 Å². The van der Waals surface area contributed by atoms with E-state index in [4.69, 9.17) is 16.6 Å². The second-order valence-electron chi connectivity index (χ2n) is 6.99. The van der Waals surface area contributed by atoms with E-state index >= 15 is 0 Å². The molecule has 1 aliphatic heterocycles. The van der Waals surface area contributed by atoms with Gasteiger partial charge in [-0.1, -0.05) is 29.8 Å². The number of nitrogens with zero attached hydrogens (tertiary/aromatic N) is 3. The number of piperazine rings is 1. The summed E-state index contributed by atoms with van der Waals surface area (Å²) in [6, 6.07) is 15.8. The van der Waals surface area contributed by atoms with Crippen molar-refractivity contribution >= 4 is 34.4 Å². The van der Waals surface area contributed by atoms with Crippen LogP contribution in [-0.4, -0.2) is 41.8 Å². The molecule has 2 aromatic carbocycles. The zero-order valence-corrected chi connectivity index (χ0v) is 17.3. The smallest absolute Gasteiger partial charge is 0.159 e. The van der Waals surface area contributed by atoms with Gasteiger partial charge < -0.3 is 4.90 Å². The van der Waals surface area contributed by atoms with Gasteiger partial charge in [0.1, 0.15) is 5.01 Å². The van der Waals surface area contributed by atoms with Crippen LogP contribution in [0.5, 0.6) is 0 Å². The molecule has 0 spiro atoms. The fourth-order valence-electron chi connectivity index (χ4n) is 3.44. The number of ketones is 1. The van der Waals surface area contributed by atoms with Gasteiger partial charge in [0.25, 0.3) is 0 Å². The first-order valence-corrected chi connectivity index (χ1v) is 10.6. The first-order chi connectivity index (χ1) is 13.6. The van der Waals surface area contributed by atoms with Crippen LogP contribution in [0.1, 0.15) is 23.0 Å². The van der Waals surface area contributed by atoms with Gasteiger partial charge in [-0.15, -0.1) is 11.3 Å². The minimum absolute atomic E-state index is 0.107. The minimum Gasteiger partial charge on any atom is -0.369 e. The highest BCUT2D eigenvalue weighted by Crippen LogP contribution is 2.30. The molecule has 0 atom stereocenters. The summed E-state index contributed by atoms with van der Waals surface area (Å²) in [6.07, 6.45) is 0. The van der Waals surface area contributed by atoms with Gasteiger partial charge >= 0.3 is 0 Å². The Kier molecular flexibility index (Phi) is 5.76. The Morgan fingerprint density at radius 2 is 1.79 bits per heavy atom. The number of rotatable bonds is 5. The number of anilines is 1. The van der Waals surface area contributed by atoms with Crippen LogP contribution in [0.4, 0.5) is 5.69 Å². The quantitative estimate of drug-likeness (QED) is 0.554. The lowest BCUT2D eigenvalue weighted by atomic mass is 10.1. The Bertz CT molecular complexity index is 962. The van der Waals surface area contributed by atoms with Crippen LogP contribution in [0.25, 0.3) is 10.6 Å². The molecular weight excluding hydrogens is 390 g/mol. The van der Waals surface area contributed by atoms with Crippen LogP contribution >= 0.6 is 22.9 Å². The summed E-state index contributed by atoms with van der Waals surface area (Å²) >= 11 is 7.94. The molecule has 4 rings (SSSR count). The van der Waals surface area contributed by atoms with Gasteiger partial charge in [0, 0.05) is 54.9 Å². The number of carbonyl (C=O) groups is 1. The monoisotopic (exact) mass is 411 g/mol. The van der Waals surface area contributed by atoms with Crippen LogP contribution in [0, 0.1) is 0 Å².